The predicted molar refractivity (Wildman–Crippen MR) is 104 cm³/mol. The molecule has 1 atom stereocenters. The molecule has 3 amide bonds. The van der Waals surface area contributed by atoms with Crippen molar-refractivity contribution in [1.82, 2.24) is 9.80 Å². The van der Waals surface area contributed by atoms with E-state index in [9.17, 15) is 14.4 Å². The van der Waals surface area contributed by atoms with Crippen LogP contribution in [-0.2, 0) is 14.4 Å². The number of anilines is 1. The molecule has 27 heavy (non-hydrogen) atoms. The SMILES string of the molecule is CCCC[C@H]1C(=O)N(C)CCN1C(=O)COc1cccc(NC(=O)CC)c1. The van der Waals surface area contributed by atoms with Crippen LogP contribution in [0.2, 0.25) is 0 Å². The molecular formula is C20H29N3O4. The molecule has 1 aliphatic rings. The fraction of sp³-hybridized carbons (Fsp3) is 0.550. The molecule has 1 aromatic carbocycles. The van der Waals surface area contributed by atoms with Crippen molar-refractivity contribution in [2.75, 3.05) is 32.1 Å². The third kappa shape index (κ3) is 5.70. The summed E-state index contributed by atoms with van der Waals surface area (Å²) in [7, 11) is 1.77. The lowest BCUT2D eigenvalue weighted by Crippen LogP contribution is -2.58. The Morgan fingerprint density at radius 3 is 2.74 bits per heavy atom. The summed E-state index contributed by atoms with van der Waals surface area (Å²) in [6.07, 6.45) is 2.93. The highest BCUT2D eigenvalue weighted by Crippen LogP contribution is 2.19. The van der Waals surface area contributed by atoms with Crippen LogP contribution in [0.15, 0.2) is 24.3 Å². The zero-order chi connectivity index (χ0) is 19.8. The van der Waals surface area contributed by atoms with Crippen molar-refractivity contribution in [2.24, 2.45) is 0 Å². The second-order valence-electron chi connectivity index (χ2n) is 6.72. The Labute approximate surface area is 160 Å². The van der Waals surface area contributed by atoms with Gasteiger partial charge in [-0.1, -0.05) is 32.8 Å². The van der Waals surface area contributed by atoms with Crippen molar-refractivity contribution in [3.8, 4) is 5.75 Å². The molecule has 148 valence electrons. The van der Waals surface area contributed by atoms with E-state index in [1.54, 1.807) is 48.0 Å². The first kappa shape index (κ1) is 20.7. The molecule has 7 heteroatoms. The van der Waals surface area contributed by atoms with E-state index in [4.69, 9.17) is 4.74 Å². The maximum Gasteiger partial charge on any atom is 0.261 e. The van der Waals surface area contributed by atoms with Crippen molar-refractivity contribution in [3.63, 3.8) is 0 Å². The molecule has 7 nitrogen and oxygen atoms in total. The van der Waals surface area contributed by atoms with Crippen LogP contribution in [0.1, 0.15) is 39.5 Å². The summed E-state index contributed by atoms with van der Waals surface area (Å²) < 4.78 is 5.62. The number of nitrogens with one attached hydrogen (secondary N) is 1. The van der Waals surface area contributed by atoms with Crippen molar-refractivity contribution < 1.29 is 19.1 Å². The first-order valence-corrected chi connectivity index (χ1v) is 9.53. The minimum atomic E-state index is -0.407. The number of piperazine rings is 1. The molecule has 0 bridgehead atoms. The Morgan fingerprint density at radius 2 is 2.04 bits per heavy atom. The van der Waals surface area contributed by atoms with Gasteiger partial charge in [-0.3, -0.25) is 14.4 Å². The van der Waals surface area contributed by atoms with Gasteiger partial charge in [0.1, 0.15) is 11.8 Å². The quantitative estimate of drug-likeness (QED) is 0.756. The fourth-order valence-electron chi connectivity index (χ4n) is 3.03. The van der Waals surface area contributed by atoms with Gasteiger partial charge < -0.3 is 19.9 Å². The Bertz CT molecular complexity index is 677. The number of nitrogens with zero attached hydrogens (tertiary/aromatic N) is 2. The second-order valence-corrected chi connectivity index (χ2v) is 6.72. The molecular weight excluding hydrogens is 346 g/mol. The van der Waals surface area contributed by atoms with Gasteiger partial charge in [0.05, 0.1) is 0 Å². The van der Waals surface area contributed by atoms with Gasteiger partial charge in [-0.25, -0.2) is 0 Å². The maximum atomic E-state index is 12.7. The van der Waals surface area contributed by atoms with E-state index in [0.29, 0.717) is 37.4 Å². The van der Waals surface area contributed by atoms with Crippen LogP contribution in [0, 0.1) is 0 Å². The summed E-state index contributed by atoms with van der Waals surface area (Å²) >= 11 is 0. The lowest BCUT2D eigenvalue weighted by atomic mass is 10.0. The van der Waals surface area contributed by atoms with E-state index in [1.807, 2.05) is 0 Å². The van der Waals surface area contributed by atoms with E-state index >= 15 is 0 Å². The molecule has 0 radical (unpaired) electrons. The predicted octanol–water partition coefficient (Wildman–Crippen LogP) is 2.27. The van der Waals surface area contributed by atoms with Gasteiger partial charge in [0.2, 0.25) is 11.8 Å². The summed E-state index contributed by atoms with van der Waals surface area (Å²) in [5.74, 6) is 0.216. The number of rotatable bonds is 8. The van der Waals surface area contributed by atoms with Crippen LogP contribution >= 0.6 is 0 Å². The highest BCUT2D eigenvalue weighted by atomic mass is 16.5. The van der Waals surface area contributed by atoms with Gasteiger partial charge in [0.25, 0.3) is 5.91 Å². The number of hydrogen-bond donors (Lipinski definition) is 1. The van der Waals surface area contributed by atoms with Crippen LogP contribution in [0.5, 0.6) is 5.75 Å². The van der Waals surface area contributed by atoms with Gasteiger partial charge in [-0.15, -0.1) is 0 Å². The molecule has 0 saturated carbocycles. The van der Waals surface area contributed by atoms with Crippen molar-refractivity contribution >= 4 is 23.4 Å². The van der Waals surface area contributed by atoms with E-state index in [2.05, 4.69) is 12.2 Å². The summed E-state index contributed by atoms with van der Waals surface area (Å²) in [4.78, 5) is 39.9. The highest BCUT2D eigenvalue weighted by Gasteiger charge is 2.35. The third-order valence-corrected chi connectivity index (χ3v) is 4.67. The highest BCUT2D eigenvalue weighted by molar-refractivity contribution is 5.91. The Kier molecular flexibility index (Phi) is 7.64. The van der Waals surface area contributed by atoms with Crippen molar-refractivity contribution in [3.05, 3.63) is 24.3 Å². The lowest BCUT2D eigenvalue weighted by Gasteiger charge is -2.39. The monoisotopic (exact) mass is 375 g/mol. The van der Waals surface area contributed by atoms with Crippen molar-refractivity contribution in [1.29, 1.82) is 0 Å². The van der Waals surface area contributed by atoms with Gasteiger partial charge in [0, 0.05) is 38.3 Å². The molecule has 1 aliphatic heterocycles. The number of benzene rings is 1. The first-order valence-electron chi connectivity index (χ1n) is 9.53. The number of carbonyl (C=O) groups is 3. The fourth-order valence-corrected chi connectivity index (χ4v) is 3.03. The van der Waals surface area contributed by atoms with Crippen molar-refractivity contribution in [2.45, 2.75) is 45.6 Å². The maximum absolute atomic E-state index is 12.7. The minimum Gasteiger partial charge on any atom is -0.484 e. The number of hydrogen-bond acceptors (Lipinski definition) is 4. The number of ether oxygens (including phenoxy) is 1. The van der Waals surface area contributed by atoms with Crippen LogP contribution in [-0.4, -0.2) is 60.3 Å². The van der Waals surface area contributed by atoms with Gasteiger partial charge in [-0.05, 0) is 18.6 Å². The summed E-state index contributed by atoms with van der Waals surface area (Å²) in [6, 6.07) is 6.54. The number of likely N-dealkylation sites (N-methyl/N-ethyl adjacent to an activating group) is 1. The standard InChI is InChI=1S/C20H29N3O4/c1-4-6-10-17-20(26)22(3)11-12-23(17)19(25)14-27-16-9-7-8-15(13-16)21-18(24)5-2/h7-9,13,17H,4-6,10-12,14H2,1-3H3,(H,21,24)/t17-/m0/s1. The molecule has 0 unspecified atom stereocenters. The largest absolute Gasteiger partial charge is 0.484 e. The Morgan fingerprint density at radius 1 is 1.26 bits per heavy atom. The van der Waals surface area contributed by atoms with Crippen LogP contribution in [0.4, 0.5) is 5.69 Å². The number of unbranched alkanes of at least 4 members (excludes halogenated alkanes) is 1. The summed E-state index contributed by atoms with van der Waals surface area (Å²) in [5, 5.41) is 2.76. The zero-order valence-corrected chi connectivity index (χ0v) is 16.4. The van der Waals surface area contributed by atoms with Crippen LogP contribution in [0.3, 0.4) is 0 Å². The number of carbonyl (C=O) groups excluding carboxylic acids is 3. The van der Waals surface area contributed by atoms with Crippen LogP contribution < -0.4 is 10.1 Å². The summed E-state index contributed by atoms with van der Waals surface area (Å²) in [5.41, 5.74) is 0.627. The zero-order valence-electron chi connectivity index (χ0n) is 16.4. The van der Waals surface area contributed by atoms with E-state index in [-0.39, 0.29) is 24.3 Å². The average molecular weight is 375 g/mol. The molecule has 2 rings (SSSR count). The average Bonchev–Trinajstić information content (AvgIpc) is 2.67. The smallest absolute Gasteiger partial charge is 0.261 e. The molecule has 0 aromatic heterocycles. The Balaban J connectivity index is 1.98. The molecule has 1 N–H and O–H groups in total. The summed E-state index contributed by atoms with van der Waals surface area (Å²) in [6.45, 7) is 4.76. The van der Waals surface area contributed by atoms with Crippen LogP contribution in [0.25, 0.3) is 0 Å². The third-order valence-electron chi connectivity index (χ3n) is 4.67. The number of amides is 3. The lowest BCUT2D eigenvalue weighted by molar-refractivity contribution is -0.151. The molecule has 1 fully saturated rings. The van der Waals surface area contributed by atoms with Gasteiger partial charge in [0.15, 0.2) is 6.61 Å². The molecule has 1 saturated heterocycles. The second kappa shape index (κ2) is 9.94. The molecule has 1 heterocycles. The first-order chi connectivity index (χ1) is 13.0. The topological polar surface area (TPSA) is 79.0 Å². The van der Waals surface area contributed by atoms with Gasteiger partial charge >= 0.3 is 0 Å². The normalized spacial score (nSPS) is 17.0. The Hall–Kier alpha value is -2.57. The minimum absolute atomic E-state index is 0.00711. The van der Waals surface area contributed by atoms with Gasteiger partial charge in [-0.2, -0.15) is 0 Å². The van der Waals surface area contributed by atoms with E-state index < -0.39 is 6.04 Å². The molecule has 1 aromatic rings. The molecule has 0 aliphatic carbocycles. The van der Waals surface area contributed by atoms with E-state index in [0.717, 1.165) is 12.8 Å². The van der Waals surface area contributed by atoms with E-state index in [1.165, 1.54) is 0 Å². The molecule has 0 spiro atoms.